The molecule has 1 aliphatic carbocycles. The molecule has 0 atom stereocenters. The Morgan fingerprint density at radius 1 is 1.28 bits per heavy atom. The minimum absolute atomic E-state index is 0.475. The lowest BCUT2D eigenvalue weighted by Gasteiger charge is -2.38. The Bertz CT molecular complexity index is 505. The van der Waals surface area contributed by atoms with E-state index in [9.17, 15) is 4.79 Å². The fraction of sp³-hybridized carbons (Fsp3) is 0.462. The van der Waals surface area contributed by atoms with Crippen LogP contribution in [0.2, 0.25) is 5.02 Å². The van der Waals surface area contributed by atoms with Gasteiger partial charge < -0.3 is 9.47 Å². The number of rotatable bonds is 4. The molecule has 1 aliphatic rings. The summed E-state index contributed by atoms with van der Waals surface area (Å²) in [4.78, 5) is 14.6. The van der Waals surface area contributed by atoms with Crippen molar-refractivity contribution < 1.29 is 14.3 Å². The first-order valence-corrected chi connectivity index (χ1v) is 6.05. The Morgan fingerprint density at radius 3 is 2.39 bits per heavy atom. The molecule has 2 rings (SSSR count). The van der Waals surface area contributed by atoms with Gasteiger partial charge in [0, 0.05) is 11.6 Å². The van der Waals surface area contributed by atoms with Crippen LogP contribution in [0.15, 0.2) is 17.1 Å². The minimum Gasteiger partial charge on any atom is -0.496 e. The van der Waals surface area contributed by atoms with Gasteiger partial charge in [0.2, 0.25) is 6.08 Å². The van der Waals surface area contributed by atoms with E-state index in [-0.39, 0.29) is 0 Å². The predicted molar refractivity (Wildman–Crippen MR) is 68.2 cm³/mol. The summed E-state index contributed by atoms with van der Waals surface area (Å²) in [5, 5.41) is 0.475. The minimum atomic E-state index is -0.523. The first-order valence-electron chi connectivity index (χ1n) is 5.68. The van der Waals surface area contributed by atoms with Gasteiger partial charge in [0.05, 0.1) is 19.2 Å². The van der Waals surface area contributed by atoms with E-state index in [1.807, 2.05) is 0 Å². The first-order chi connectivity index (χ1) is 8.66. The van der Waals surface area contributed by atoms with Crippen molar-refractivity contribution in [2.24, 2.45) is 4.99 Å². The van der Waals surface area contributed by atoms with Crippen molar-refractivity contribution in [2.45, 2.75) is 24.8 Å². The molecule has 0 spiro atoms. The molecule has 1 aromatic carbocycles. The number of ether oxygens (including phenoxy) is 2. The van der Waals surface area contributed by atoms with E-state index >= 15 is 0 Å². The van der Waals surface area contributed by atoms with Gasteiger partial charge in [-0.05, 0) is 25.3 Å². The van der Waals surface area contributed by atoms with Crippen LogP contribution in [0.3, 0.4) is 0 Å². The normalized spacial score (nSPS) is 16.4. The maximum atomic E-state index is 10.6. The van der Waals surface area contributed by atoms with Gasteiger partial charge >= 0.3 is 0 Å². The third-order valence-corrected chi connectivity index (χ3v) is 3.71. The highest BCUT2D eigenvalue weighted by Crippen LogP contribution is 2.50. The average Bonchev–Trinajstić information content (AvgIpc) is 2.33. The molecule has 18 heavy (non-hydrogen) atoms. The van der Waals surface area contributed by atoms with Crippen LogP contribution in [0.1, 0.15) is 24.8 Å². The second kappa shape index (κ2) is 5.01. The van der Waals surface area contributed by atoms with Gasteiger partial charge in [-0.2, -0.15) is 4.99 Å². The Morgan fingerprint density at radius 2 is 1.94 bits per heavy atom. The van der Waals surface area contributed by atoms with E-state index in [2.05, 4.69) is 4.99 Å². The molecule has 0 amide bonds. The summed E-state index contributed by atoms with van der Waals surface area (Å²) < 4.78 is 10.5. The SMILES string of the molecule is COc1cc(C2(N=C=O)CCC2)c(OC)cc1Cl. The molecular formula is C13H14ClNO3. The third-order valence-electron chi connectivity index (χ3n) is 3.42. The summed E-state index contributed by atoms with van der Waals surface area (Å²) >= 11 is 6.06. The van der Waals surface area contributed by atoms with Crippen LogP contribution in [0, 0.1) is 0 Å². The molecule has 0 aromatic heterocycles. The third kappa shape index (κ3) is 1.98. The van der Waals surface area contributed by atoms with Crippen LogP contribution in [-0.4, -0.2) is 20.3 Å². The van der Waals surface area contributed by atoms with Gasteiger partial charge in [0.25, 0.3) is 0 Å². The van der Waals surface area contributed by atoms with Crippen molar-refractivity contribution in [2.75, 3.05) is 14.2 Å². The van der Waals surface area contributed by atoms with Crippen LogP contribution in [-0.2, 0) is 10.3 Å². The van der Waals surface area contributed by atoms with E-state index in [1.165, 1.54) is 0 Å². The molecule has 1 aromatic rings. The zero-order valence-corrected chi connectivity index (χ0v) is 11.1. The highest BCUT2D eigenvalue weighted by molar-refractivity contribution is 6.32. The van der Waals surface area contributed by atoms with Crippen molar-refractivity contribution in [3.8, 4) is 11.5 Å². The standard InChI is InChI=1S/C13H14ClNO3/c1-17-11-7-10(14)12(18-2)6-9(11)13(15-8-16)4-3-5-13/h6-7H,3-5H2,1-2H3. The fourth-order valence-corrected chi connectivity index (χ4v) is 2.50. The molecule has 1 fully saturated rings. The number of halogens is 1. The lowest BCUT2D eigenvalue weighted by atomic mass is 9.72. The maximum absolute atomic E-state index is 10.6. The molecule has 0 heterocycles. The van der Waals surface area contributed by atoms with Gasteiger partial charge in [-0.1, -0.05) is 11.6 Å². The van der Waals surface area contributed by atoms with Crippen molar-refractivity contribution in [1.29, 1.82) is 0 Å². The zero-order valence-electron chi connectivity index (χ0n) is 10.3. The predicted octanol–water partition coefficient (Wildman–Crippen LogP) is 3.07. The van der Waals surface area contributed by atoms with Crippen LogP contribution in [0.4, 0.5) is 0 Å². The van der Waals surface area contributed by atoms with Crippen LogP contribution < -0.4 is 9.47 Å². The number of carbonyl (C=O) groups excluding carboxylic acids is 1. The maximum Gasteiger partial charge on any atom is 0.235 e. The summed E-state index contributed by atoms with van der Waals surface area (Å²) in [6, 6.07) is 3.48. The monoisotopic (exact) mass is 267 g/mol. The van der Waals surface area contributed by atoms with Crippen LogP contribution >= 0.6 is 11.6 Å². The van der Waals surface area contributed by atoms with Crippen molar-refractivity contribution in [3.05, 3.63) is 22.7 Å². The second-order valence-electron chi connectivity index (χ2n) is 4.28. The van der Waals surface area contributed by atoms with Crippen molar-refractivity contribution in [1.82, 2.24) is 0 Å². The largest absolute Gasteiger partial charge is 0.496 e. The fourth-order valence-electron chi connectivity index (χ4n) is 2.26. The molecule has 1 saturated carbocycles. The zero-order chi connectivity index (χ0) is 13.2. The Hall–Kier alpha value is -1.51. The van der Waals surface area contributed by atoms with Crippen LogP contribution in [0.5, 0.6) is 11.5 Å². The quantitative estimate of drug-likeness (QED) is 0.622. The number of methoxy groups -OCH3 is 2. The van der Waals surface area contributed by atoms with Gasteiger partial charge in [0.15, 0.2) is 0 Å². The van der Waals surface area contributed by atoms with E-state index in [1.54, 1.807) is 32.4 Å². The molecule has 0 radical (unpaired) electrons. The summed E-state index contributed by atoms with van der Waals surface area (Å²) in [7, 11) is 3.12. The van der Waals surface area contributed by atoms with E-state index in [4.69, 9.17) is 21.1 Å². The molecule has 0 saturated heterocycles. The summed E-state index contributed by atoms with van der Waals surface area (Å²) in [6.07, 6.45) is 4.30. The molecule has 4 nitrogen and oxygen atoms in total. The van der Waals surface area contributed by atoms with Gasteiger partial charge in [-0.3, -0.25) is 0 Å². The van der Waals surface area contributed by atoms with E-state index < -0.39 is 5.54 Å². The number of aliphatic imine (C=N–C) groups is 1. The number of nitrogens with zero attached hydrogens (tertiary/aromatic N) is 1. The molecule has 0 unspecified atom stereocenters. The first kappa shape index (κ1) is 12.9. The molecule has 96 valence electrons. The van der Waals surface area contributed by atoms with Crippen molar-refractivity contribution >= 4 is 17.7 Å². The number of hydrogen-bond donors (Lipinski definition) is 0. The van der Waals surface area contributed by atoms with Gasteiger partial charge in [0.1, 0.15) is 17.0 Å². The van der Waals surface area contributed by atoms with Gasteiger partial charge in [-0.15, -0.1) is 0 Å². The topological polar surface area (TPSA) is 47.9 Å². The summed E-state index contributed by atoms with van der Waals surface area (Å²) in [6.45, 7) is 0. The Kier molecular flexibility index (Phi) is 3.60. The van der Waals surface area contributed by atoms with Crippen molar-refractivity contribution in [3.63, 3.8) is 0 Å². The van der Waals surface area contributed by atoms with E-state index in [0.29, 0.717) is 16.5 Å². The Labute approximate surface area is 111 Å². The number of isocyanates is 1. The Balaban J connectivity index is 2.57. The average molecular weight is 268 g/mol. The number of benzene rings is 1. The number of hydrogen-bond acceptors (Lipinski definition) is 4. The summed E-state index contributed by atoms with van der Waals surface area (Å²) in [5.41, 5.74) is 0.311. The second-order valence-corrected chi connectivity index (χ2v) is 4.68. The molecule has 0 aliphatic heterocycles. The molecule has 5 heteroatoms. The summed E-state index contributed by atoms with van der Waals surface area (Å²) in [5.74, 6) is 1.18. The lowest BCUT2D eigenvalue weighted by molar-refractivity contribution is 0.245. The lowest BCUT2D eigenvalue weighted by Crippen LogP contribution is -2.32. The highest BCUT2D eigenvalue weighted by Gasteiger charge is 2.41. The molecule has 0 N–H and O–H groups in total. The highest BCUT2D eigenvalue weighted by atomic mass is 35.5. The van der Waals surface area contributed by atoms with Gasteiger partial charge in [-0.25, -0.2) is 4.79 Å². The van der Waals surface area contributed by atoms with Crippen LogP contribution in [0.25, 0.3) is 0 Å². The van der Waals surface area contributed by atoms with E-state index in [0.717, 1.165) is 24.8 Å². The molecular weight excluding hydrogens is 254 g/mol. The smallest absolute Gasteiger partial charge is 0.235 e. The molecule has 0 bridgehead atoms.